The van der Waals surface area contributed by atoms with E-state index < -0.39 is 28.5 Å². The van der Waals surface area contributed by atoms with Crippen LogP contribution in [-0.2, 0) is 32.6 Å². The van der Waals surface area contributed by atoms with E-state index in [0.29, 0.717) is 18.7 Å². The number of hydrogen-bond donors (Lipinski definition) is 1. The van der Waals surface area contributed by atoms with Gasteiger partial charge < -0.3 is 10.2 Å². The van der Waals surface area contributed by atoms with E-state index in [4.69, 9.17) is 0 Å². The van der Waals surface area contributed by atoms with Crippen LogP contribution in [0.25, 0.3) is 0 Å². The average Bonchev–Trinajstić information content (AvgIpc) is 2.94. The summed E-state index contributed by atoms with van der Waals surface area (Å²) in [5.41, 5.74) is 4.09. The second kappa shape index (κ2) is 14.1. The lowest BCUT2D eigenvalue weighted by Crippen LogP contribution is -2.51. The number of benzene rings is 3. The number of anilines is 1. The fourth-order valence-electron chi connectivity index (χ4n) is 4.53. The second-order valence-electron chi connectivity index (χ2n) is 10.1. The third kappa shape index (κ3) is 7.72. The number of nitrogens with zero attached hydrogens (tertiary/aromatic N) is 2. The lowest BCUT2D eigenvalue weighted by atomic mass is 10.1. The second-order valence-corrected chi connectivity index (χ2v) is 12.0. The first-order valence-electron chi connectivity index (χ1n) is 13.9. The minimum absolute atomic E-state index is 0.104. The zero-order valence-corrected chi connectivity index (χ0v) is 25.0. The van der Waals surface area contributed by atoms with Gasteiger partial charge in [-0.15, -0.1) is 0 Å². The molecule has 7 nitrogen and oxygen atoms in total. The van der Waals surface area contributed by atoms with Crippen molar-refractivity contribution < 1.29 is 18.0 Å². The quantitative estimate of drug-likeness (QED) is 0.282. The fourth-order valence-corrected chi connectivity index (χ4v) is 5.98. The van der Waals surface area contributed by atoms with E-state index in [1.807, 2.05) is 64.1 Å². The van der Waals surface area contributed by atoms with E-state index in [1.165, 1.54) is 9.21 Å². The van der Waals surface area contributed by atoms with Gasteiger partial charge >= 0.3 is 0 Å². The van der Waals surface area contributed by atoms with Gasteiger partial charge in [0.2, 0.25) is 11.8 Å². The van der Waals surface area contributed by atoms with Crippen LogP contribution in [0.3, 0.4) is 0 Å². The highest BCUT2D eigenvalue weighted by Crippen LogP contribution is 2.28. The minimum Gasteiger partial charge on any atom is -0.354 e. The van der Waals surface area contributed by atoms with Gasteiger partial charge in [-0.3, -0.25) is 13.9 Å². The molecule has 0 saturated carbocycles. The Morgan fingerprint density at radius 1 is 0.900 bits per heavy atom. The van der Waals surface area contributed by atoms with Gasteiger partial charge in [-0.2, -0.15) is 0 Å². The summed E-state index contributed by atoms with van der Waals surface area (Å²) in [6.45, 7) is 9.79. The van der Waals surface area contributed by atoms with Gasteiger partial charge in [-0.25, -0.2) is 8.42 Å². The standard InChI is InChI=1S/C32H41N3O4S/c1-6-8-20-33-32(37)26(5)34(22-27-13-11-12-25(4)21-27)31(36)23-35(30-15-10-9-14-28(30)7-2)40(38,39)29-18-16-24(3)17-19-29/h9-19,21,26H,6-8,20,22-23H2,1-5H3,(H,33,37). The van der Waals surface area contributed by atoms with Gasteiger partial charge in [0.1, 0.15) is 12.6 Å². The van der Waals surface area contributed by atoms with Crippen LogP contribution in [0.2, 0.25) is 0 Å². The van der Waals surface area contributed by atoms with Gasteiger partial charge in [0.05, 0.1) is 10.6 Å². The first-order valence-corrected chi connectivity index (χ1v) is 15.3. The van der Waals surface area contributed by atoms with Crippen LogP contribution in [0.4, 0.5) is 5.69 Å². The molecule has 0 aliphatic carbocycles. The molecule has 0 fully saturated rings. The summed E-state index contributed by atoms with van der Waals surface area (Å²) in [6.07, 6.45) is 2.36. The maximum absolute atomic E-state index is 14.1. The Morgan fingerprint density at radius 3 is 2.25 bits per heavy atom. The predicted octanol–water partition coefficient (Wildman–Crippen LogP) is 5.39. The highest BCUT2D eigenvalue weighted by Gasteiger charge is 2.33. The monoisotopic (exact) mass is 563 g/mol. The van der Waals surface area contributed by atoms with Crippen molar-refractivity contribution in [1.29, 1.82) is 0 Å². The lowest BCUT2D eigenvalue weighted by molar-refractivity contribution is -0.139. The van der Waals surface area contributed by atoms with Gasteiger partial charge in [-0.05, 0) is 62.9 Å². The van der Waals surface area contributed by atoms with E-state index in [9.17, 15) is 18.0 Å². The molecule has 3 rings (SSSR count). The molecule has 0 radical (unpaired) electrons. The van der Waals surface area contributed by atoms with E-state index in [0.717, 1.165) is 35.1 Å². The van der Waals surface area contributed by atoms with Crippen LogP contribution in [0.1, 0.15) is 55.9 Å². The summed E-state index contributed by atoms with van der Waals surface area (Å²) in [6, 6.07) is 20.8. The first kappa shape index (κ1) is 30.9. The van der Waals surface area contributed by atoms with Gasteiger partial charge in [0.25, 0.3) is 10.0 Å². The molecule has 8 heteroatoms. The maximum Gasteiger partial charge on any atom is 0.264 e. The highest BCUT2D eigenvalue weighted by atomic mass is 32.2. The highest BCUT2D eigenvalue weighted by molar-refractivity contribution is 7.92. The minimum atomic E-state index is -4.09. The van der Waals surface area contributed by atoms with Crippen LogP contribution in [0.5, 0.6) is 0 Å². The van der Waals surface area contributed by atoms with Gasteiger partial charge in [0.15, 0.2) is 0 Å². The molecule has 0 bridgehead atoms. The van der Waals surface area contributed by atoms with Crippen LogP contribution >= 0.6 is 0 Å². The zero-order chi connectivity index (χ0) is 29.3. The summed E-state index contributed by atoms with van der Waals surface area (Å²) in [4.78, 5) is 28.7. The fraction of sp³-hybridized carbons (Fsp3) is 0.375. The van der Waals surface area contributed by atoms with Gasteiger partial charge in [0, 0.05) is 13.1 Å². The van der Waals surface area contributed by atoms with E-state index in [1.54, 1.807) is 43.3 Å². The molecule has 0 spiro atoms. The summed E-state index contributed by atoms with van der Waals surface area (Å²) in [7, 11) is -4.09. The summed E-state index contributed by atoms with van der Waals surface area (Å²) in [5, 5.41) is 2.92. The predicted molar refractivity (Wildman–Crippen MR) is 161 cm³/mol. The molecular formula is C32H41N3O4S. The molecular weight excluding hydrogens is 522 g/mol. The van der Waals surface area contributed by atoms with Crippen LogP contribution in [0.15, 0.2) is 77.7 Å². The van der Waals surface area contributed by atoms with Crippen molar-refractivity contribution in [3.05, 3.63) is 95.1 Å². The average molecular weight is 564 g/mol. The van der Waals surface area contributed by atoms with Crippen LogP contribution in [-0.4, -0.2) is 44.3 Å². The molecule has 3 aromatic carbocycles. The molecule has 1 N–H and O–H groups in total. The lowest BCUT2D eigenvalue weighted by Gasteiger charge is -2.32. The number of sulfonamides is 1. The SMILES string of the molecule is CCCCNC(=O)C(C)N(Cc1cccc(C)c1)C(=O)CN(c1ccccc1CC)S(=O)(=O)c1ccc(C)cc1. The third-order valence-corrected chi connectivity index (χ3v) is 8.74. The number of rotatable bonds is 13. The normalized spacial score (nSPS) is 12.0. The molecule has 0 aliphatic rings. The van der Waals surface area contributed by atoms with Crippen molar-refractivity contribution >= 4 is 27.5 Å². The Kier molecular flexibility index (Phi) is 10.9. The number of nitrogens with one attached hydrogen (secondary N) is 1. The van der Waals surface area contributed by atoms with Crippen LogP contribution in [0, 0.1) is 13.8 Å². The maximum atomic E-state index is 14.1. The first-order chi connectivity index (χ1) is 19.1. The number of carbonyl (C=O) groups excluding carboxylic acids is 2. The molecule has 2 amide bonds. The number of carbonyl (C=O) groups is 2. The molecule has 0 heterocycles. The zero-order valence-electron chi connectivity index (χ0n) is 24.2. The van der Waals surface area contributed by atoms with Crippen molar-refractivity contribution in [3.63, 3.8) is 0 Å². The Labute approximate surface area is 239 Å². The van der Waals surface area contributed by atoms with Crippen molar-refractivity contribution in [3.8, 4) is 0 Å². The Hall–Kier alpha value is -3.65. The van der Waals surface area contributed by atoms with Crippen LogP contribution < -0.4 is 9.62 Å². The van der Waals surface area contributed by atoms with E-state index >= 15 is 0 Å². The number of para-hydroxylation sites is 1. The molecule has 1 unspecified atom stereocenters. The topological polar surface area (TPSA) is 86.8 Å². The summed E-state index contributed by atoms with van der Waals surface area (Å²) < 4.78 is 29.2. The smallest absolute Gasteiger partial charge is 0.264 e. The van der Waals surface area contributed by atoms with Crippen molar-refractivity contribution in [1.82, 2.24) is 10.2 Å². The largest absolute Gasteiger partial charge is 0.354 e. The van der Waals surface area contributed by atoms with Crippen molar-refractivity contribution in [2.24, 2.45) is 0 Å². The number of unbranched alkanes of at least 4 members (excludes halogenated alkanes) is 1. The van der Waals surface area contributed by atoms with Crippen molar-refractivity contribution in [2.45, 2.75) is 71.4 Å². The number of hydrogen-bond acceptors (Lipinski definition) is 4. The van der Waals surface area contributed by atoms with Gasteiger partial charge in [-0.1, -0.05) is 86.0 Å². The van der Waals surface area contributed by atoms with E-state index in [2.05, 4.69) is 5.32 Å². The molecule has 1 atom stereocenters. The van der Waals surface area contributed by atoms with E-state index in [-0.39, 0.29) is 17.3 Å². The Bertz CT molecular complexity index is 1400. The molecule has 0 saturated heterocycles. The van der Waals surface area contributed by atoms with Crippen molar-refractivity contribution in [2.75, 3.05) is 17.4 Å². The third-order valence-electron chi connectivity index (χ3n) is 6.96. The molecule has 3 aromatic rings. The Morgan fingerprint density at radius 2 is 1.60 bits per heavy atom. The molecule has 214 valence electrons. The number of amides is 2. The summed E-state index contributed by atoms with van der Waals surface area (Å²) >= 11 is 0. The Balaban J connectivity index is 2.04. The molecule has 0 aliphatic heterocycles. The molecule has 0 aromatic heterocycles. The summed E-state index contributed by atoms with van der Waals surface area (Å²) in [5.74, 6) is -0.724. The number of aryl methyl sites for hydroxylation is 3. The molecule has 40 heavy (non-hydrogen) atoms.